The molecule has 2 aromatic heterocycles. The number of benzene rings is 1. The Bertz CT molecular complexity index is 955. The number of nitrogens with zero attached hydrogens (tertiary/aromatic N) is 3. The number of rotatable bonds is 5. The fourth-order valence-corrected chi connectivity index (χ4v) is 2.26. The van der Waals surface area contributed by atoms with Gasteiger partial charge in [0.25, 0.3) is 5.91 Å². The number of amides is 1. The van der Waals surface area contributed by atoms with Crippen LogP contribution in [0, 0.1) is 5.82 Å². The van der Waals surface area contributed by atoms with E-state index in [1.54, 1.807) is 24.3 Å². The van der Waals surface area contributed by atoms with E-state index >= 15 is 0 Å². The van der Waals surface area contributed by atoms with E-state index in [0.717, 1.165) is 0 Å². The molecular weight excluding hydrogens is 347 g/mol. The first-order chi connectivity index (χ1) is 12.0. The number of pyridine rings is 1. The molecule has 3 aromatic rings. The van der Waals surface area contributed by atoms with Gasteiger partial charge in [0.05, 0.1) is 6.21 Å². The first-order valence-electron chi connectivity index (χ1n) is 7.10. The molecule has 7 nitrogen and oxygen atoms in total. The molecule has 0 radical (unpaired) electrons. The van der Waals surface area contributed by atoms with Gasteiger partial charge in [-0.15, -0.1) is 0 Å². The summed E-state index contributed by atoms with van der Waals surface area (Å²) in [5.41, 5.74) is 6.09. The van der Waals surface area contributed by atoms with E-state index in [2.05, 4.69) is 25.5 Å². The smallest absolute Gasteiger partial charge is 0.256 e. The topological polar surface area (TPSA) is 109 Å². The van der Waals surface area contributed by atoms with Crippen molar-refractivity contribution in [2.24, 2.45) is 10.7 Å². The van der Waals surface area contributed by atoms with Gasteiger partial charge in [-0.05, 0) is 30.3 Å². The summed E-state index contributed by atoms with van der Waals surface area (Å²) in [5.74, 6) is -1.01. The molecule has 1 aromatic carbocycles. The monoisotopic (exact) mass is 358 g/mol. The highest BCUT2D eigenvalue weighted by molar-refractivity contribution is 6.30. The van der Waals surface area contributed by atoms with Crippen LogP contribution in [-0.2, 0) is 0 Å². The molecule has 1 amide bonds. The van der Waals surface area contributed by atoms with Crippen molar-refractivity contribution in [3.63, 3.8) is 0 Å². The first kappa shape index (κ1) is 16.6. The summed E-state index contributed by atoms with van der Waals surface area (Å²) < 4.78 is 13.6. The summed E-state index contributed by atoms with van der Waals surface area (Å²) in [6.45, 7) is 0. The molecule has 25 heavy (non-hydrogen) atoms. The van der Waals surface area contributed by atoms with E-state index in [9.17, 15) is 9.18 Å². The maximum Gasteiger partial charge on any atom is 0.256 e. The molecule has 0 spiro atoms. The number of carbonyl (C=O) groups excluding carboxylic acids is 1. The molecule has 126 valence electrons. The highest BCUT2D eigenvalue weighted by Crippen LogP contribution is 2.27. The van der Waals surface area contributed by atoms with E-state index in [4.69, 9.17) is 17.3 Å². The molecule has 0 aliphatic heterocycles. The number of hydrogen-bond acceptors (Lipinski definition) is 5. The Kier molecular flexibility index (Phi) is 4.71. The number of halogens is 2. The molecular formula is C16H12ClFN6O. The van der Waals surface area contributed by atoms with E-state index in [1.165, 1.54) is 24.5 Å². The molecule has 0 unspecified atom stereocenters. The van der Waals surface area contributed by atoms with Gasteiger partial charge in [0.15, 0.2) is 11.6 Å². The minimum absolute atomic E-state index is 0.0249. The zero-order chi connectivity index (χ0) is 17.8. The zero-order valence-corrected chi connectivity index (χ0v) is 13.5. The van der Waals surface area contributed by atoms with Crippen molar-refractivity contribution < 1.29 is 9.18 Å². The highest BCUT2D eigenvalue weighted by atomic mass is 35.5. The lowest BCUT2D eigenvalue weighted by Crippen LogP contribution is -2.12. The van der Waals surface area contributed by atoms with Gasteiger partial charge in [0, 0.05) is 16.9 Å². The Balaban J connectivity index is 1.92. The number of aromatic nitrogens is 3. The molecule has 0 atom stereocenters. The SMILES string of the molecule is NC(=O)c1c(Nc2cccc(Cl)c2)n[nH]c1/N=C/c1ncccc1F. The molecule has 0 saturated carbocycles. The Morgan fingerprint density at radius 3 is 2.92 bits per heavy atom. The minimum atomic E-state index is -0.744. The summed E-state index contributed by atoms with van der Waals surface area (Å²) in [6, 6.07) is 9.57. The predicted molar refractivity (Wildman–Crippen MR) is 93.3 cm³/mol. The number of nitrogens with two attached hydrogens (primary N) is 1. The van der Waals surface area contributed by atoms with Crippen LogP contribution in [-0.4, -0.2) is 27.3 Å². The summed E-state index contributed by atoms with van der Waals surface area (Å²) in [4.78, 5) is 19.6. The lowest BCUT2D eigenvalue weighted by Gasteiger charge is -2.04. The minimum Gasteiger partial charge on any atom is -0.365 e. The molecule has 0 bridgehead atoms. The Hall–Kier alpha value is -3.26. The van der Waals surface area contributed by atoms with Crippen LogP contribution in [0.25, 0.3) is 0 Å². The summed E-state index contributed by atoms with van der Waals surface area (Å²) in [6.07, 6.45) is 2.61. The zero-order valence-electron chi connectivity index (χ0n) is 12.7. The molecule has 0 aliphatic carbocycles. The van der Waals surface area contributed by atoms with Crippen LogP contribution < -0.4 is 11.1 Å². The maximum absolute atomic E-state index is 13.6. The van der Waals surface area contributed by atoms with Gasteiger partial charge >= 0.3 is 0 Å². The molecule has 3 rings (SSSR count). The molecule has 4 N–H and O–H groups in total. The van der Waals surface area contributed by atoms with E-state index in [-0.39, 0.29) is 22.9 Å². The van der Waals surface area contributed by atoms with E-state index in [0.29, 0.717) is 10.7 Å². The number of anilines is 2. The van der Waals surface area contributed by atoms with Crippen molar-refractivity contribution in [2.75, 3.05) is 5.32 Å². The quantitative estimate of drug-likeness (QED) is 0.608. The van der Waals surface area contributed by atoms with Crippen molar-refractivity contribution in [3.8, 4) is 0 Å². The first-order valence-corrected chi connectivity index (χ1v) is 7.47. The van der Waals surface area contributed by atoms with Crippen LogP contribution in [0.4, 0.5) is 21.7 Å². The van der Waals surface area contributed by atoms with Crippen LogP contribution in [0.3, 0.4) is 0 Å². The number of primary amides is 1. The number of nitrogens with one attached hydrogen (secondary N) is 2. The molecule has 9 heteroatoms. The number of H-pyrrole nitrogens is 1. The molecule has 0 saturated heterocycles. The second kappa shape index (κ2) is 7.10. The van der Waals surface area contributed by atoms with Gasteiger partial charge in [-0.2, -0.15) is 5.10 Å². The summed E-state index contributed by atoms with van der Waals surface area (Å²) >= 11 is 5.93. The second-order valence-corrected chi connectivity index (χ2v) is 5.36. The van der Waals surface area contributed by atoms with Crippen LogP contribution in [0.5, 0.6) is 0 Å². The van der Waals surface area contributed by atoms with E-state index in [1.807, 2.05) is 0 Å². The largest absolute Gasteiger partial charge is 0.365 e. The summed E-state index contributed by atoms with van der Waals surface area (Å²) in [5, 5.41) is 10.0. The number of aromatic amines is 1. The lowest BCUT2D eigenvalue weighted by atomic mass is 10.2. The second-order valence-electron chi connectivity index (χ2n) is 4.92. The van der Waals surface area contributed by atoms with Crippen molar-refractivity contribution in [1.29, 1.82) is 0 Å². The fraction of sp³-hybridized carbons (Fsp3) is 0. The highest BCUT2D eigenvalue weighted by Gasteiger charge is 2.18. The van der Waals surface area contributed by atoms with E-state index < -0.39 is 11.7 Å². The molecule has 0 aliphatic rings. The van der Waals surface area contributed by atoms with Crippen LogP contribution in [0.15, 0.2) is 47.6 Å². The van der Waals surface area contributed by atoms with Gasteiger partial charge in [-0.25, -0.2) is 9.38 Å². The van der Waals surface area contributed by atoms with Crippen LogP contribution >= 0.6 is 11.6 Å². The van der Waals surface area contributed by atoms with Gasteiger partial charge in [-0.1, -0.05) is 17.7 Å². The lowest BCUT2D eigenvalue weighted by molar-refractivity contribution is 0.100. The van der Waals surface area contributed by atoms with Crippen molar-refractivity contribution >= 4 is 41.0 Å². The van der Waals surface area contributed by atoms with Gasteiger partial charge < -0.3 is 11.1 Å². The van der Waals surface area contributed by atoms with Crippen molar-refractivity contribution in [3.05, 3.63) is 64.7 Å². The number of aliphatic imine (C=N–C) groups is 1. The third-order valence-electron chi connectivity index (χ3n) is 3.18. The van der Waals surface area contributed by atoms with Crippen LogP contribution in [0.1, 0.15) is 16.1 Å². The standard InChI is InChI=1S/C16H12ClFN6O/c17-9-3-1-4-10(7-9)22-16-13(14(19)25)15(23-24-16)21-8-12-11(18)5-2-6-20-12/h1-8H,(H2,19,25)(H2,22,23,24)/b21-8+. The third kappa shape index (κ3) is 3.81. The third-order valence-corrected chi connectivity index (χ3v) is 3.42. The van der Waals surface area contributed by atoms with Gasteiger partial charge in [0.1, 0.15) is 17.1 Å². The van der Waals surface area contributed by atoms with Crippen molar-refractivity contribution in [2.45, 2.75) is 0 Å². The molecule has 2 heterocycles. The Morgan fingerprint density at radius 1 is 1.36 bits per heavy atom. The fourth-order valence-electron chi connectivity index (χ4n) is 2.07. The number of hydrogen-bond donors (Lipinski definition) is 3. The van der Waals surface area contributed by atoms with Gasteiger partial charge in [-0.3, -0.25) is 14.9 Å². The number of carbonyl (C=O) groups is 1. The summed E-state index contributed by atoms with van der Waals surface area (Å²) in [7, 11) is 0. The van der Waals surface area contributed by atoms with Gasteiger partial charge in [0.2, 0.25) is 0 Å². The predicted octanol–water partition coefficient (Wildman–Crippen LogP) is 3.19. The van der Waals surface area contributed by atoms with Crippen LogP contribution in [0.2, 0.25) is 5.02 Å². The maximum atomic E-state index is 13.6. The van der Waals surface area contributed by atoms with Crippen molar-refractivity contribution in [1.82, 2.24) is 15.2 Å². The Labute approximate surface area is 146 Å². The average molecular weight is 359 g/mol. The average Bonchev–Trinajstić information content (AvgIpc) is 2.97. The molecule has 0 fully saturated rings. The normalized spacial score (nSPS) is 11.0. The Morgan fingerprint density at radius 2 is 2.20 bits per heavy atom.